The van der Waals surface area contributed by atoms with E-state index in [0.717, 1.165) is 5.56 Å². The Kier molecular flexibility index (Phi) is 6.70. The van der Waals surface area contributed by atoms with Crippen LogP contribution in [0.3, 0.4) is 0 Å². The van der Waals surface area contributed by atoms with Crippen LogP contribution >= 0.6 is 0 Å². The number of aromatic nitrogens is 2. The Balaban J connectivity index is 1.34. The van der Waals surface area contributed by atoms with Gasteiger partial charge in [0.1, 0.15) is 17.2 Å². The van der Waals surface area contributed by atoms with Crippen LogP contribution in [0.4, 0.5) is 0 Å². The van der Waals surface area contributed by atoms with Crippen molar-refractivity contribution in [3.05, 3.63) is 48.2 Å². The largest absolute Gasteiger partial charge is 0.497 e. The van der Waals surface area contributed by atoms with Gasteiger partial charge in [0.05, 0.1) is 14.2 Å². The van der Waals surface area contributed by atoms with Crippen LogP contribution in [0.5, 0.6) is 11.5 Å². The Morgan fingerprint density at radius 1 is 1.18 bits per heavy atom. The zero-order valence-electron chi connectivity index (χ0n) is 18.4. The van der Waals surface area contributed by atoms with Gasteiger partial charge in [-0.25, -0.2) is 8.42 Å². The molecule has 2 N–H and O–H groups in total. The number of hydrogen-bond acceptors (Lipinski definition) is 7. The van der Waals surface area contributed by atoms with Gasteiger partial charge in [0, 0.05) is 37.3 Å². The number of benzene rings is 1. The molecule has 33 heavy (non-hydrogen) atoms. The quantitative estimate of drug-likeness (QED) is 0.513. The maximum Gasteiger partial charge on any atom is 0.276 e. The molecule has 1 fully saturated rings. The summed E-state index contributed by atoms with van der Waals surface area (Å²) in [7, 11) is -0.637. The van der Waals surface area contributed by atoms with Crippen LogP contribution in [0.25, 0.3) is 11.5 Å². The van der Waals surface area contributed by atoms with Gasteiger partial charge in [-0.1, -0.05) is 0 Å². The molecule has 1 amide bonds. The first-order valence-corrected chi connectivity index (χ1v) is 11.9. The fraction of sp³-hybridized carbons (Fsp3) is 0.364. The first-order valence-electron chi connectivity index (χ1n) is 10.5. The van der Waals surface area contributed by atoms with Crippen molar-refractivity contribution in [2.45, 2.75) is 24.5 Å². The summed E-state index contributed by atoms with van der Waals surface area (Å²) in [6.07, 6.45) is 2.41. The van der Waals surface area contributed by atoms with Crippen LogP contribution in [0.2, 0.25) is 0 Å². The van der Waals surface area contributed by atoms with Crippen molar-refractivity contribution < 1.29 is 27.1 Å². The van der Waals surface area contributed by atoms with E-state index in [-0.39, 0.29) is 30.0 Å². The number of rotatable bonds is 8. The monoisotopic (exact) mass is 474 g/mol. The van der Waals surface area contributed by atoms with E-state index < -0.39 is 10.0 Å². The minimum atomic E-state index is -3.78. The van der Waals surface area contributed by atoms with Gasteiger partial charge in [0.15, 0.2) is 5.76 Å². The average molecular weight is 475 g/mol. The molecule has 1 aromatic carbocycles. The number of methoxy groups -OCH3 is 2. The minimum Gasteiger partial charge on any atom is -0.497 e. The van der Waals surface area contributed by atoms with Gasteiger partial charge in [-0.15, -0.1) is 0 Å². The summed E-state index contributed by atoms with van der Waals surface area (Å²) in [5, 5.41) is 9.39. The molecule has 10 nitrogen and oxygen atoms in total. The molecule has 0 aliphatic carbocycles. The zero-order chi connectivity index (χ0) is 23.4. The van der Waals surface area contributed by atoms with Crippen molar-refractivity contribution in [3.63, 3.8) is 0 Å². The third-order valence-corrected chi connectivity index (χ3v) is 7.48. The summed E-state index contributed by atoms with van der Waals surface area (Å²) < 4.78 is 43.4. The molecule has 0 atom stereocenters. The van der Waals surface area contributed by atoms with Gasteiger partial charge >= 0.3 is 0 Å². The van der Waals surface area contributed by atoms with E-state index in [4.69, 9.17) is 13.9 Å². The fourth-order valence-corrected chi connectivity index (χ4v) is 5.21. The van der Waals surface area contributed by atoms with E-state index in [1.165, 1.54) is 10.4 Å². The number of carbonyl (C=O) groups excluding carboxylic acids is 1. The van der Waals surface area contributed by atoms with Crippen LogP contribution < -0.4 is 14.8 Å². The van der Waals surface area contributed by atoms with Gasteiger partial charge < -0.3 is 19.2 Å². The molecular weight excluding hydrogens is 448 g/mol. The maximum atomic E-state index is 13.0. The lowest BCUT2D eigenvalue weighted by atomic mass is 9.97. The standard InChI is InChI=1S/C22H26N4O6S/c1-30-17-3-4-19(31-2)16(13-17)14-23-22(27)15-8-11-26(12-9-15)33(28,29)21-6-5-20(32-21)18-7-10-24-25-18/h3-7,10,13,15H,8-9,11-12,14H2,1-2H3,(H,23,27)(H,24,25). The summed E-state index contributed by atoms with van der Waals surface area (Å²) in [5.41, 5.74) is 1.40. The molecule has 3 aromatic rings. The number of aromatic amines is 1. The van der Waals surface area contributed by atoms with E-state index in [9.17, 15) is 13.2 Å². The van der Waals surface area contributed by atoms with Crippen LogP contribution in [-0.2, 0) is 21.4 Å². The summed E-state index contributed by atoms with van der Waals surface area (Å²) in [6, 6.07) is 10.1. The second kappa shape index (κ2) is 9.67. The van der Waals surface area contributed by atoms with E-state index >= 15 is 0 Å². The molecule has 4 rings (SSSR count). The number of sulfonamides is 1. The molecule has 1 saturated heterocycles. The third kappa shape index (κ3) is 4.88. The van der Waals surface area contributed by atoms with E-state index in [0.29, 0.717) is 42.3 Å². The summed E-state index contributed by atoms with van der Waals surface area (Å²) in [6.45, 7) is 0.770. The molecule has 3 heterocycles. The van der Waals surface area contributed by atoms with Crippen molar-refractivity contribution in [3.8, 4) is 23.0 Å². The molecule has 1 aliphatic heterocycles. The summed E-state index contributed by atoms with van der Waals surface area (Å²) >= 11 is 0. The zero-order valence-corrected chi connectivity index (χ0v) is 19.2. The van der Waals surface area contributed by atoms with Crippen LogP contribution in [-0.4, -0.2) is 56.1 Å². The Labute approximate surface area is 191 Å². The Morgan fingerprint density at radius 2 is 1.97 bits per heavy atom. The first kappa shape index (κ1) is 22.9. The first-order chi connectivity index (χ1) is 15.9. The SMILES string of the molecule is COc1ccc(OC)c(CNC(=O)C2CCN(S(=O)(=O)c3ccc(-c4ccn[nH]4)o3)CC2)c1. The van der Waals surface area contributed by atoms with Gasteiger partial charge in [0.2, 0.25) is 11.0 Å². The van der Waals surface area contributed by atoms with Crippen molar-refractivity contribution in [1.82, 2.24) is 19.8 Å². The fourth-order valence-electron chi connectivity index (χ4n) is 3.83. The van der Waals surface area contributed by atoms with Crippen molar-refractivity contribution in [1.29, 1.82) is 0 Å². The molecule has 1 aliphatic rings. The van der Waals surface area contributed by atoms with Gasteiger partial charge in [-0.05, 0) is 49.2 Å². The average Bonchev–Trinajstić information content (AvgIpc) is 3.55. The number of ether oxygens (including phenoxy) is 2. The number of furan rings is 1. The highest BCUT2D eigenvalue weighted by atomic mass is 32.2. The van der Waals surface area contributed by atoms with E-state index in [1.807, 2.05) is 6.07 Å². The highest BCUT2D eigenvalue weighted by Gasteiger charge is 2.34. The molecule has 0 bridgehead atoms. The number of nitrogens with zero attached hydrogens (tertiary/aromatic N) is 2. The molecule has 2 aromatic heterocycles. The molecule has 176 valence electrons. The van der Waals surface area contributed by atoms with Gasteiger partial charge in [0.25, 0.3) is 10.0 Å². The van der Waals surface area contributed by atoms with Crippen LogP contribution in [0, 0.1) is 5.92 Å². The predicted molar refractivity (Wildman–Crippen MR) is 119 cm³/mol. The number of hydrogen-bond donors (Lipinski definition) is 2. The van der Waals surface area contributed by atoms with Crippen molar-refractivity contribution in [2.24, 2.45) is 5.92 Å². The number of amides is 1. The second-order valence-corrected chi connectivity index (χ2v) is 9.53. The lowest BCUT2D eigenvalue weighted by molar-refractivity contribution is -0.126. The maximum absolute atomic E-state index is 13.0. The van der Waals surface area contributed by atoms with Crippen molar-refractivity contribution in [2.75, 3.05) is 27.3 Å². The topological polar surface area (TPSA) is 127 Å². The van der Waals surface area contributed by atoms with Crippen molar-refractivity contribution >= 4 is 15.9 Å². The van der Waals surface area contributed by atoms with E-state index in [2.05, 4.69) is 15.5 Å². The van der Waals surface area contributed by atoms with Crippen LogP contribution in [0.1, 0.15) is 18.4 Å². The van der Waals surface area contributed by atoms with Gasteiger partial charge in [-0.2, -0.15) is 9.40 Å². The lowest BCUT2D eigenvalue weighted by Gasteiger charge is -2.29. The highest BCUT2D eigenvalue weighted by molar-refractivity contribution is 7.89. The minimum absolute atomic E-state index is 0.114. The van der Waals surface area contributed by atoms with E-state index in [1.54, 1.807) is 44.7 Å². The highest BCUT2D eigenvalue weighted by Crippen LogP contribution is 2.28. The number of piperidine rings is 1. The summed E-state index contributed by atoms with van der Waals surface area (Å²) in [5.74, 6) is 1.34. The molecule has 11 heteroatoms. The second-order valence-electron chi connectivity index (χ2n) is 7.66. The number of carbonyl (C=O) groups is 1. The van der Waals surface area contributed by atoms with Gasteiger partial charge in [-0.3, -0.25) is 9.89 Å². The normalized spacial score (nSPS) is 15.3. The smallest absolute Gasteiger partial charge is 0.276 e. The lowest BCUT2D eigenvalue weighted by Crippen LogP contribution is -2.42. The Bertz CT molecular complexity index is 1200. The predicted octanol–water partition coefficient (Wildman–Crippen LogP) is 2.40. The summed E-state index contributed by atoms with van der Waals surface area (Å²) in [4.78, 5) is 12.7. The third-order valence-electron chi connectivity index (χ3n) is 5.71. The molecule has 0 unspecified atom stereocenters. The number of H-pyrrole nitrogens is 1. The molecule has 0 radical (unpaired) electrons. The van der Waals surface area contributed by atoms with Crippen LogP contribution in [0.15, 0.2) is 52.1 Å². The molecular formula is C22H26N4O6S. The molecule has 0 spiro atoms. The number of nitrogens with one attached hydrogen (secondary N) is 2. The molecule has 0 saturated carbocycles. The Morgan fingerprint density at radius 3 is 2.64 bits per heavy atom. The Hall–Kier alpha value is -3.31.